The number of hydrogen-bond acceptors (Lipinski definition) is 4. The Morgan fingerprint density at radius 1 is 1.58 bits per heavy atom. The van der Waals surface area contributed by atoms with Gasteiger partial charge in [-0.2, -0.15) is 4.73 Å². The fourth-order valence-corrected chi connectivity index (χ4v) is 0.654. The molecule has 0 amide bonds. The van der Waals surface area contributed by atoms with Crippen LogP contribution < -0.4 is 4.84 Å². The zero-order chi connectivity index (χ0) is 8.97. The van der Waals surface area contributed by atoms with Gasteiger partial charge in [0.2, 0.25) is 0 Å². The molecule has 0 fully saturated rings. The molecule has 0 aliphatic carbocycles. The standard InChI is InChI=1S/C7H8N2O3/c1-6(10)4-7(11)12-9-3-2-8-5-9/h2-3,5H,4H2,1H3. The van der Waals surface area contributed by atoms with Crippen LogP contribution >= 0.6 is 0 Å². The van der Waals surface area contributed by atoms with Gasteiger partial charge in [0.25, 0.3) is 0 Å². The highest BCUT2D eigenvalue weighted by molar-refractivity contribution is 5.94. The molecule has 64 valence electrons. The van der Waals surface area contributed by atoms with Gasteiger partial charge < -0.3 is 4.84 Å². The van der Waals surface area contributed by atoms with E-state index in [1.54, 1.807) is 0 Å². The van der Waals surface area contributed by atoms with Crippen LogP contribution in [0.2, 0.25) is 0 Å². The first-order valence-corrected chi connectivity index (χ1v) is 3.37. The molecule has 0 aliphatic rings. The second kappa shape index (κ2) is 3.66. The number of imidazole rings is 1. The first kappa shape index (κ1) is 8.45. The topological polar surface area (TPSA) is 61.2 Å². The van der Waals surface area contributed by atoms with E-state index < -0.39 is 5.97 Å². The molecule has 0 N–H and O–H groups in total. The molecule has 0 saturated heterocycles. The second-order valence-electron chi connectivity index (χ2n) is 2.26. The van der Waals surface area contributed by atoms with Gasteiger partial charge in [-0.15, -0.1) is 0 Å². The summed E-state index contributed by atoms with van der Waals surface area (Å²) in [6.07, 6.45) is 4.06. The summed E-state index contributed by atoms with van der Waals surface area (Å²) < 4.78 is 1.14. The molecule has 0 bridgehead atoms. The molecule has 0 aliphatic heterocycles. The van der Waals surface area contributed by atoms with Crippen molar-refractivity contribution in [2.45, 2.75) is 13.3 Å². The average molecular weight is 168 g/mol. The number of carbonyl (C=O) groups excluding carboxylic acids is 2. The van der Waals surface area contributed by atoms with Crippen LogP contribution in [0.3, 0.4) is 0 Å². The van der Waals surface area contributed by atoms with Gasteiger partial charge in [-0.1, -0.05) is 0 Å². The van der Waals surface area contributed by atoms with Crippen LogP contribution in [0.1, 0.15) is 13.3 Å². The predicted octanol–water partition coefficient (Wildman–Crippen LogP) is -0.183. The Morgan fingerprint density at radius 3 is 2.83 bits per heavy atom. The van der Waals surface area contributed by atoms with Crippen LogP contribution in [0.25, 0.3) is 0 Å². The van der Waals surface area contributed by atoms with Gasteiger partial charge in [-0.05, 0) is 6.92 Å². The fourth-order valence-electron chi connectivity index (χ4n) is 0.654. The summed E-state index contributed by atoms with van der Waals surface area (Å²) in [7, 11) is 0. The molecule has 0 atom stereocenters. The van der Waals surface area contributed by atoms with Crippen molar-refractivity contribution >= 4 is 11.8 Å². The van der Waals surface area contributed by atoms with E-state index >= 15 is 0 Å². The highest BCUT2D eigenvalue weighted by atomic mass is 16.7. The SMILES string of the molecule is CC(=O)CC(=O)On1ccnc1. The Labute approximate surface area is 68.9 Å². The Morgan fingerprint density at radius 2 is 2.33 bits per heavy atom. The summed E-state index contributed by atoms with van der Waals surface area (Å²) in [6, 6.07) is 0. The molecule has 5 nitrogen and oxygen atoms in total. The van der Waals surface area contributed by atoms with E-state index in [4.69, 9.17) is 0 Å². The van der Waals surface area contributed by atoms with Gasteiger partial charge >= 0.3 is 5.97 Å². The van der Waals surface area contributed by atoms with Crippen molar-refractivity contribution in [3.63, 3.8) is 0 Å². The summed E-state index contributed by atoms with van der Waals surface area (Å²) >= 11 is 0. The van der Waals surface area contributed by atoms with Crippen molar-refractivity contribution in [1.29, 1.82) is 0 Å². The third-order valence-electron chi connectivity index (χ3n) is 1.08. The maximum Gasteiger partial charge on any atom is 0.340 e. The van der Waals surface area contributed by atoms with Crippen LogP contribution in [0.15, 0.2) is 18.7 Å². The molecule has 12 heavy (non-hydrogen) atoms. The van der Waals surface area contributed by atoms with Crippen molar-refractivity contribution in [2.75, 3.05) is 0 Å². The van der Waals surface area contributed by atoms with Gasteiger partial charge in [0.05, 0.1) is 6.20 Å². The smallest absolute Gasteiger partial charge is 0.335 e. The lowest BCUT2D eigenvalue weighted by Crippen LogP contribution is -2.20. The van der Waals surface area contributed by atoms with E-state index in [9.17, 15) is 9.59 Å². The number of hydrogen-bond donors (Lipinski definition) is 0. The molecular weight excluding hydrogens is 160 g/mol. The molecule has 0 spiro atoms. The molecule has 1 rings (SSSR count). The lowest BCUT2D eigenvalue weighted by atomic mass is 10.3. The minimum Gasteiger partial charge on any atom is -0.335 e. The molecule has 0 radical (unpaired) electrons. The zero-order valence-electron chi connectivity index (χ0n) is 6.56. The third-order valence-corrected chi connectivity index (χ3v) is 1.08. The fraction of sp³-hybridized carbons (Fsp3) is 0.286. The van der Waals surface area contributed by atoms with Gasteiger partial charge in [-0.25, -0.2) is 9.78 Å². The number of ketones is 1. The quantitative estimate of drug-likeness (QED) is 0.587. The van der Waals surface area contributed by atoms with Gasteiger partial charge in [0.1, 0.15) is 18.5 Å². The summed E-state index contributed by atoms with van der Waals surface area (Å²) in [6.45, 7) is 1.33. The van der Waals surface area contributed by atoms with Crippen LogP contribution in [0.4, 0.5) is 0 Å². The normalized spacial score (nSPS) is 9.42. The third kappa shape index (κ3) is 2.53. The summed E-state index contributed by atoms with van der Waals surface area (Å²) in [4.78, 5) is 29.6. The largest absolute Gasteiger partial charge is 0.340 e. The van der Waals surface area contributed by atoms with Gasteiger partial charge in [-0.3, -0.25) is 4.79 Å². The predicted molar refractivity (Wildman–Crippen MR) is 39.1 cm³/mol. The average Bonchev–Trinajstić information content (AvgIpc) is 2.37. The molecule has 0 saturated carbocycles. The molecule has 1 heterocycles. The Kier molecular flexibility index (Phi) is 2.57. The number of Topliss-reactive ketones (excluding diaryl/α,β-unsaturated/α-hetero) is 1. The zero-order valence-corrected chi connectivity index (χ0v) is 6.56. The lowest BCUT2D eigenvalue weighted by molar-refractivity contribution is -0.146. The second-order valence-corrected chi connectivity index (χ2v) is 2.26. The Bertz CT molecular complexity index is 279. The van der Waals surface area contributed by atoms with E-state index in [-0.39, 0.29) is 12.2 Å². The number of carbonyl (C=O) groups is 2. The van der Waals surface area contributed by atoms with Gasteiger partial charge in [0.15, 0.2) is 0 Å². The highest BCUT2D eigenvalue weighted by Crippen LogP contribution is 1.86. The van der Waals surface area contributed by atoms with Crippen molar-refractivity contribution in [2.24, 2.45) is 0 Å². The summed E-state index contributed by atoms with van der Waals surface area (Å²) in [5.41, 5.74) is 0. The monoisotopic (exact) mass is 168 g/mol. The van der Waals surface area contributed by atoms with E-state index in [2.05, 4.69) is 9.82 Å². The van der Waals surface area contributed by atoms with E-state index in [0.29, 0.717) is 0 Å². The molecule has 5 heteroatoms. The number of aromatic nitrogens is 2. The molecular formula is C7H8N2O3. The van der Waals surface area contributed by atoms with Crippen molar-refractivity contribution in [3.8, 4) is 0 Å². The summed E-state index contributed by atoms with van der Waals surface area (Å²) in [5.74, 6) is -0.805. The van der Waals surface area contributed by atoms with E-state index in [0.717, 1.165) is 4.73 Å². The van der Waals surface area contributed by atoms with Crippen LogP contribution in [-0.2, 0) is 9.59 Å². The highest BCUT2D eigenvalue weighted by Gasteiger charge is 2.06. The lowest BCUT2D eigenvalue weighted by Gasteiger charge is -2.00. The molecule has 0 unspecified atom stereocenters. The van der Waals surface area contributed by atoms with Crippen molar-refractivity contribution < 1.29 is 14.4 Å². The van der Waals surface area contributed by atoms with Crippen LogP contribution in [0.5, 0.6) is 0 Å². The first-order valence-electron chi connectivity index (χ1n) is 3.37. The first-order chi connectivity index (χ1) is 5.68. The molecule has 1 aromatic rings. The van der Waals surface area contributed by atoms with Crippen LogP contribution in [0, 0.1) is 0 Å². The van der Waals surface area contributed by atoms with Crippen molar-refractivity contribution in [1.82, 2.24) is 9.71 Å². The maximum atomic E-state index is 10.8. The number of rotatable bonds is 3. The minimum absolute atomic E-state index is 0.210. The van der Waals surface area contributed by atoms with E-state index in [1.807, 2.05) is 0 Å². The van der Waals surface area contributed by atoms with Crippen LogP contribution in [-0.4, -0.2) is 21.5 Å². The number of nitrogens with zero attached hydrogens (tertiary/aromatic N) is 2. The van der Waals surface area contributed by atoms with Crippen molar-refractivity contribution in [3.05, 3.63) is 18.7 Å². The molecule has 1 aromatic heterocycles. The minimum atomic E-state index is -0.583. The van der Waals surface area contributed by atoms with Gasteiger partial charge in [0, 0.05) is 6.20 Å². The summed E-state index contributed by atoms with van der Waals surface area (Å²) in [5, 5.41) is 0. The maximum absolute atomic E-state index is 10.8. The van der Waals surface area contributed by atoms with E-state index in [1.165, 1.54) is 25.6 Å². The Balaban J connectivity index is 2.42. The Hall–Kier alpha value is -1.65. The molecule has 0 aromatic carbocycles.